The van der Waals surface area contributed by atoms with E-state index in [0.717, 1.165) is 12.2 Å². The molecule has 0 aliphatic carbocycles. The zero-order valence-corrected chi connectivity index (χ0v) is 8.91. The minimum absolute atomic E-state index is 0.470. The lowest BCUT2D eigenvalue weighted by Gasteiger charge is -2.24. The summed E-state index contributed by atoms with van der Waals surface area (Å²) in [6.45, 7) is 6.46. The van der Waals surface area contributed by atoms with Crippen LogP contribution in [0.2, 0.25) is 0 Å². The number of likely N-dealkylation sites (N-methyl/N-ethyl adjacent to an activating group) is 1. The molecule has 0 saturated heterocycles. The molecular formula is C10H19N3. The Morgan fingerprint density at radius 1 is 1.62 bits per heavy atom. The number of hydrogen-bond acceptors (Lipinski definition) is 2. The number of aromatic nitrogens is 2. The number of nitrogens with one attached hydrogen (secondary N) is 1. The van der Waals surface area contributed by atoms with Crippen molar-refractivity contribution in [1.82, 2.24) is 14.9 Å². The van der Waals surface area contributed by atoms with Crippen LogP contribution < -0.4 is 5.32 Å². The molecule has 2 atom stereocenters. The molecule has 3 nitrogen and oxygen atoms in total. The van der Waals surface area contributed by atoms with Crippen molar-refractivity contribution in [3.8, 4) is 0 Å². The van der Waals surface area contributed by atoms with Crippen LogP contribution >= 0.6 is 0 Å². The first-order chi connectivity index (χ1) is 6.20. The summed E-state index contributed by atoms with van der Waals surface area (Å²) < 4.78 is 2.21. The molecule has 0 amide bonds. The molecule has 0 spiro atoms. The van der Waals surface area contributed by atoms with E-state index in [2.05, 4.69) is 28.7 Å². The lowest BCUT2D eigenvalue weighted by Crippen LogP contribution is -2.33. The van der Waals surface area contributed by atoms with Gasteiger partial charge in [0.25, 0.3) is 0 Å². The van der Waals surface area contributed by atoms with Crippen LogP contribution in [-0.4, -0.2) is 22.6 Å². The third-order valence-electron chi connectivity index (χ3n) is 2.69. The molecule has 0 fully saturated rings. The summed E-state index contributed by atoms with van der Waals surface area (Å²) in [7, 11) is 2.01. The normalized spacial score (nSPS) is 15.7. The molecule has 0 saturated carbocycles. The Morgan fingerprint density at radius 2 is 2.31 bits per heavy atom. The van der Waals surface area contributed by atoms with E-state index in [9.17, 15) is 0 Å². The van der Waals surface area contributed by atoms with E-state index in [4.69, 9.17) is 0 Å². The second-order valence-electron chi connectivity index (χ2n) is 3.43. The zero-order chi connectivity index (χ0) is 9.84. The summed E-state index contributed by atoms with van der Waals surface area (Å²) in [5.41, 5.74) is 0. The molecule has 0 aliphatic rings. The fraction of sp³-hybridized carbons (Fsp3) is 0.700. The topological polar surface area (TPSA) is 29.9 Å². The molecule has 0 radical (unpaired) electrons. The van der Waals surface area contributed by atoms with Crippen LogP contribution in [0.25, 0.3) is 0 Å². The van der Waals surface area contributed by atoms with Gasteiger partial charge < -0.3 is 9.88 Å². The van der Waals surface area contributed by atoms with Crippen LogP contribution in [-0.2, 0) is 0 Å². The lowest BCUT2D eigenvalue weighted by molar-refractivity contribution is 0.376. The van der Waals surface area contributed by atoms with Crippen molar-refractivity contribution < 1.29 is 0 Å². The maximum Gasteiger partial charge on any atom is 0.105 e. The van der Waals surface area contributed by atoms with Crippen LogP contribution in [0.1, 0.15) is 32.1 Å². The number of aryl methyl sites for hydroxylation is 1. The fourth-order valence-electron chi connectivity index (χ4n) is 1.80. The molecule has 1 aromatic rings. The molecule has 0 aliphatic heterocycles. The van der Waals surface area contributed by atoms with E-state index in [1.807, 2.05) is 26.4 Å². The smallest absolute Gasteiger partial charge is 0.105 e. The standard InChI is InChI=1S/C10H19N3/c1-5-10(11-4)8(2)13-7-6-12-9(13)3/h6-8,10-11H,5H2,1-4H3. The van der Waals surface area contributed by atoms with Gasteiger partial charge in [-0.1, -0.05) is 6.92 Å². The second-order valence-corrected chi connectivity index (χ2v) is 3.43. The molecule has 1 N–H and O–H groups in total. The molecule has 0 bridgehead atoms. The summed E-state index contributed by atoms with van der Waals surface area (Å²) >= 11 is 0. The van der Waals surface area contributed by atoms with Gasteiger partial charge in [0.2, 0.25) is 0 Å². The van der Waals surface area contributed by atoms with Crippen LogP contribution in [0.15, 0.2) is 12.4 Å². The molecule has 13 heavy (non-hydrogen) atoms. The van der Waals surface area contributed by atoms with Gasteiger partial charge in [-0.2, -0.15) is 0 Å². The number of rotatable bonds is 4. The lowest BCUT2D eigenvalue weighted by atomic mass is 10.1. The Balaban J connectivity index is 2.77. The van der Waals surface area contributed by atoms with Gasteiger partial charge >= 0.3 is 0 Å². The van der Waals surface area contributed by atoms with Gasteiger partial charge in [0, 0.05) is 24.5 Å². The monoisotopic (exact) mass is 181 g/mol. The molecular weight excluding hydrogens is 162 g/mol. The Kier molecular flexibility index (Phi) is 3.48. The van der Waals surface area contributed by atoms with E-state index in [1.54, 1.807) is 0 Å². The number of hydrogen-bond donors (Lipinski definition) is 1. The SMILES string of the molecule is CCC(NC)C(C)n1ccnc1C. The van der Waals surface area contributed by atoms with Crippen molar-refractivity contribution in [3.05, 3.63) is 18.2 Å². The average Bonchev–Trinajstić information content (AvgIpc) is 2.53. The van der Waals surface area contributed by atoms with Gasteiger partial charge in [-0.3, -0.25) is 0 Å². The van der Waals surface area contributed by atoms with Gasteiger partial charge in [0.1, 0.15) is 5.82 Å². The predicted molar refractivity (Wildman–Crippen MR) is 54.8 cm³/mol. The molecule has 1 rings (SSSR count). The van der Waals surface area contributed by atoms with Crippen LogP contribution in [0, 0.1) is 6.92 Å². The first-order valence-corrected chi connectivity index (χ1v) is 4.87. The highest BCUT2D eigenvalue weighted by Gasteiger charge is 2.15. The second kappa shape index (κ2) is 4.42. The van der Waals surface area contributed by atoms with Crippen LogP contribution in [0.5, 0.6) is 0 Å². The Hall–Kier alpha value is -0.830. The Morgan fingerprint density at radius 3 is 2.69 bits per heavy atom. The summed E-state index contributed by atoms with van der Waals surface area (Å²) in [5.74, 6) is 1.08. The van der Waals surface area contributed by atoms with Crippen molar-refractivity contribution in [2.24, 2.45) is 0 Å². The zero-order valence-electron chi connectivity index (χ0n) is 8.91. The van der Waals surface area contributed by atoms with Gasteiger partial charge in [-0.25, -0.2) is 4.98 Å². The van der Waals surface area contributed by atoms with Gasteiger partial charge in [-0.15, -0.1) is 0 Å². The van der Waals surface area contributed by atoms with Crippen molar-refractivity contribution in [1.29, 1.82) is 0 Å². The number of imidazole rings is 1. The minimum atomic E-state index is 0.470. The molecule has 1 heterocycles. The fourth-order valence-corrected chi connectivity index (χ4v) is 1.80. The third kappa shape index (κ3) is 2.10. The summed E-state index contributed by atoms with van der Waals surface area (Å²) in [4.78, 5) is 4.22. The van der Waals surface area contributed by atoms with Gasteiger partial charge in [0.15, 0.2) is 0 Å². The van der Waals surface area contributed by atoms with Crippen LogP contribution in [0.4, 0.5) is 0 Å². The third-order valence-corrected chi connectivity index (χ3v) is 2.69. The maximum absolute atomic E-state index is 4.22. The minimum Gasteiger partial charge on any atom is -0.331 e. The molecule has 2 unspecified atom stereocenters. The Bertz CT molecular complexity index is 250. The maximum atomic E-state index is 4.22. The highest BCUT2D eigenvalue weighted by Crippen LogP contribution is 2.14. The molecule has 3 heteroatoms. The molecule has 74 valence electrons. The van der Waals surface area contributed by atoms with E-state index in [1.165, 1.54) is 0 Å². The highest BCUT2D eigenvalue weighted by molar-refractivity contribution is 4.93. The summed E-state index contributed by atoms with van der Waals surface area (Å²) in [6, 6.07) is 0.991. The first kappa shape index (κ1) is 10.3. The largest absolute Gasteiger partial charge is 0.331 e. The predicted octanol–water partition coefficient (Wildman–Crippen LogP) is 1.75. The van der Waals surface area contributed by atoms with Gasteiger partial charge in [0.05, 0.1) is 0 Å². The highest BCUT2D eigenvalue weighted by atomic mass is 15.1. The van der Waals surface area contributed by atoms with E-state index < -0.39 is 0 Å². The van der Waals surface area contributed by atoms with E-state index >= 15 is 0 Å². The van der Waals surface area contributed by atoms with Crippen molar-refractivity contribution >= 4 is 0 Å². The quantitative estimate of drug-likeness (QED) is 0.767. The average molecular weight is 181 g/mol. The summed E-state index contributed by atoms with van der Waals surface area (Å²) in [6.07, 6.45) is 5.03. The van der Waals surface area contributed by atoms with E-state index in [0.29, 0.717) is 12.1 Å². The van der Waals surface area contributed by atoms with E-state index in [-0.39, 0.29) is 0 Å². The van der Waals surface area contributed by atoms with Gasteiger partial charge in [-0.05, 0) is 27.3 Å². The van der Waals surface area contributed by atoms with Crippen molar-refractivity contribution in [2.75, 3.05) is 7.05 Å². The molecule has 1 aromatic heterocycles. The van der Waals surface area contributed by atoms with Crippen molar-refractivity contribution in [3.63, 3.8) is 0 Å². The molecule has 0 aromatic carbocycles. The van der Waals surface area contributed by atoms with Crippen molar-refractivity contribution in [2.45, 2.75) is 39.3 Å². The summed E-state index contributed by atoms with van der Waals surface area (Å²) in [5, 5.41) is 3.32. The van der Waals surface area contributed by atoms with Crippen LogP contribution in [0.3, 0.4) is 0 Å². The number of nitrogens with zero attached hydrogens (tertiary/aromatic N) is 2. The Labute approximate surface area is 80.2 Å². The first-order valence-electron chi connectivity index (χ1n) is 4.87.